The van der Waals surface area contributed by atoms with Crippen LogP contribution in [0.3, 0.4) is 0 Å². The molecule has 100 valence electrons. The third kappa shape index (κ3) is 4.86. The van der Waals surface area contributed by atoms with Crippen LogP contribution in [0.1, 0.15) is 26.0 Å². The second-order valence-electron chi connectivity index (χ2n) is 4.33. The summed E-state index contributed by atoms with van der Waals surface area (Å²) < 4.78 is 4.79. The molecule has 1 unspecified atom stereocenters. The smallest absolute Gasteiger partial charge is 0.326 e. The Labute approximate surface area is 105 Å². The first kappa shape index (κ1) is 14.0. The Balaban J connectivity index is 2.39. The molecule has 3 N–H and O–H groups in total. The summed E-state index contributed by atoms with van der Waals surface area (Å²) >= 11 is 0. The monoisotopic (exact) mass is 255 g/mol. The average molecular weight is 255 g/mol. The molecule has 2 amide bonds. The number of carboxylic acid groups (broad SMARTS) is 1. The highest BCUT2D eigenvalue weighted by molar-refractivity contribution is 5.82. The first-order valence-electron chi connectivity index (χ1n) is 5.65. The lowest BCUT2D eigenvalue weighted by molar-refractivity contribution is -0.139. The van der Waals surface area contributed by atoms with E-state index in [1.807, 2.05) is 13.8 Å². The van der Waals surface area contributed by atoms with Crippen LogP contribution in [-0.4, -0.2) is 28.3 Å². The van der Waals surface area contributed by atoms with Gasteiger partial charge in [-0.2, -0.15) is 0 Å². The quantitative estimate of drug-likeness (QED) is 0.702. The Kier molecular flexibility index (Phi) is 5.16. The van der Waals surface area contributed by atoms with Gasteiger partial charge in [0.2, 0.25) is 0 Å². The van der Waals surface area contributed by atoms with Crippen LogP contribution in [0.15, 0.2) is 16.8 Å². The molecule has 7 nitrogen and oxygen atoms in total. The molecule has 7 heteroatoms. The van der Waals surface area contributed by atoms with Crippen molar-refractivity contribution >= 4 is 12.0 Å². The zero-order valence-electron chi connectivity index (χ0n) is 10.3. The molecule has 0 aromatic carbocycles. The summed E-state index contributed by atoms with van der Waals surface area (Å²) in [6.45, 7) is 3.95. The Bertz CT molecular complexity index is 389. The predicted octanol–water partition coefficient (Wildman–Crippen LogP) is 0.973. The van der Waals surface area contributed by atoms with Crippen LogP contribution < -0.4 is 10.6 Å². The molecule has 0 spiro atoms. The van der Waals surface area contributed by atoms with Crippen molar-refractivity contribution in [3.63, 3.8) is 0 Å². The van der Waals surface area contributed by atoms with Crippen LogP contribution in [0.4, 0.5) is 4.79 Å². The van der Waals surface area contributed by atoms with Crippen LogP contribution in [-0.2, 0) is 11.3 Å². The van der Waals surface area contributed by atoms with Gasteiger partial charge in [0.05, 0.1) is 12.7 Å². The molecule has 1 atom stereocenters. The summed E-state index contributed by atoms with van der Waals surface area (Å²) in [5.41, 5.74) is 0. The van der Waals surface area contributed by atoms with Gasteiger partial charge < -0.3 is 20.3 Å². The van der Waals surface area contributed by atoms with Gasteiger partial charge in [-0.1, -0.05) is 19.0 Å². The third-order valence-electron chi connectivity index (χ3n) is 2.22. The highest BCUT2D eigenvalue weighted by Crippen LogP contribution is 2.04. The molecule has 0 fully saturated rings. The number of nitrogens with one attached hydrogen (secondary N) is 2. The molecule has 1 rings (SSSR count). The van der Waals surface area contributed by atoms with E-state index in [4.69, 9.17) is 9.63 Å². The van der Waals surface area contributed by atoms with Crippen molar-refractivity contribution in [2.75, 3.05) is 0 Å². The van der Waals surface area contributed by atoms with Crippen LogP contribution in [0.5, 0.6) is 0 Å². The van der Waals surface area contributed by atoms with Crippen LogP contribution in [0.25, 0.3) is 0 Å². The van der Waals surface area contributed by atoms with Crippen molar-refractivity contribution in [3.8, 4) is 0 Å². The number of carbonyl (C=O) groups excluding carboxylic acids is 1. The predicted molar refractivity (Wildman–Crippen MR) is 62.8 cm³/mol. The van der Waals surface area contributed by atoms with Gasteiger partial charge in [0.1, 0.15) is 6.04 Å². The second kappa shape index (κ2) is 6.63. The number of hydrogen-bond acceptors (Lipinski definition) is 4. The maximum absolute atomic E-state index is 11.5. The summed E-state index contributed by atoms with van der Waals surface area (Å²) in [7, 11) is 0. The minimum atomic E-state index is -1.04. The fourth-order valence-electron chi connectivity index (χ4n) is 1.40. The highest BCUT2D eigenvalue weighted by Gasteiger charge is 2.20. The van der Waals surface area contributed by atoms with Crippen LogP contribution in [0.2, 0.25) is 0 Å². The second-order valence-corrected chi connectivity index (χ2v) is 4.33. The number of rotatable bonds is 6. The SMILES string of the molecule is CC(C)CC(NC(=O)NCc1ccno1)C(=O)O. The van der Waals surface area contributed by atoms with E-state index >= 15 is 0 Å². The Morgan fingerprint density at radius 3 is 2.72 bits per heavy atom. The molecular weight excluding hydrogens is 238 g/mol. The van der Waals surface area contributed by atoms with Gasteiger partial charge in [-0.05, 0) is 12.3 Å². The number of urea groups is 1. The fourth-order valence-corrected chi connectivity index (χ4v) is 1.40. The Morgan fingerprint density at radius 1 is 1.50 bits per heavy atom. The van der Waals surface area contributed by atoms with Crippen molar-refractivity contribution in [1.82, 2.24) is 15.8 Å². The maximum atomic E-state index is 11.5. The average Bonchev–Trinajstić information content (AvgIpc) is 2.77. The normalized spacial score (nSPS) is 12.2. The largest absolute Gasteiger partial charge is 0.480 e. The third-order valence-corrected chi connectivity index (χ3v) is 2.22. The van der Waals surface area contributed by atoms with Gasteiger partial charge in [-0.25, -0.2) is 9.59 Å². The molecular formula is C11H17N3O4. The van der Waals surface area contributed by atoms with Crippen LogP contribution in [0, 0.1) is 5.92 Å². The minimum absolute atomic E-state index is 0.167. The van der Waals surface area contributed by atoms with Crippen molar-refractivity contribution < 1.29 is 19.2 Å². The van der Waals surface area contributed by atoms with E-state index in [0.29, 0.717) is 12.2 Å². The summed E-state index contributed by atoms with van der Waals surface area (Å²) in [5, 5.41) is 17.3. The fraction of sp³-hybridized carbons (Fsp3) is 0.545. The first-order valence-corrected chi connectivity index (χ1v) is 5.65. The number of nitrogens with zero attached hydrogens (tertiary/aromatic N) is 1. The highest BCUT2D eigenvalue weighted by atomic mass is 16.5. The van der Waals surface area contributed by atoms with E-state index in [-0.39, 0.29) is 12.5 Å². The molecule has 0 aliphatic heterocycles. The van der Waals surface area contributed by atoms with Gasteiger partial charge >= 0.3 is 12.0 Å². The lowest BCUT2D eigenvalue weighted by Gasteiger charge is -2.16. The zero-order valence-corrected chi connectivity index (χ0v) is 10.3. The number of carboxylic acids is 1. The van der Waals surface area contributed by atoms with Gasteiger partial charge in [-0.3, -0.25) is 0 Å². The number of amides is 2. The summed E-state index contributed by atoms with van der Waals surface area (Å²) in [4.78, 5) is 22.4. The number of aromatic nitrogens is 1. The molecule has 1 aromatic heterocycles. The van der Waals surface area contributed by atoms with Crippen molar-refractivity contribution in [2.45, 2.75) is 32.9 Å². The van der Waals surface area contributed by atoms with Crippen molar-refractivity contribution in [2.24, 2.45) is 5.92 Å². The number of hydrogen-bond donors (Lipinski definition) is 3. The van der Waals surface area contributed by atoms with Crippen molar-refractivity contribution in [1.29, 1.82) is 0 Å². The van der Waals surface area contributed by atoms with E-state index in [1.165, 1.54) is 6.20 Å². The number of aliphatic carboxylic acids is 1. The molecule has 1 heterocycles. The molecule has 18 heavy (non-hydrogen) atoms. The summed E-state index contributed by atoms with van der Waals surface area (Å²) in [6.07, 6.45) is 1.85. The Hall–Kier alpha value is -2.05. The standard InChI is InChI=1S/C11H17N3O4/c1-7(2)5-9(10(15)16)14-11(17)12-6-8-3-4-13-18-8/h3-4,7,9H,5-6H2,1-2H3,(H,15,16)(H2,12,14,17). The van der Waals surface area contributed by atoms with Crippen molar-refractivity contribution in [3.05, 3.63) is 18.0 Å². The summed E-state index contributed by atoms with van der Waals surface area (Å²) in [5.74, 6) is -0.361. The molecule has 0 radical (unpaired) electrons. The van der Waals surface area contributed by atoms with E-state index in [0.717, 1.165) is 0 Å². The van der Waals surface area contributed by atoms with Crippen LogP contribution >= 0.6 is 0 Å². The molecule has 0 bridgehead atoms. The minimum Gasteiger partial charge on any atom is -0.480 e. The molecule has 0 aliphatic carbocycles. The topological polar surface area (TPSA) is 104 Å². The van der Waals surface area contributed by atoms with E-state index < -0.39 is 18.0 Å². The zero-order chi connectivity index (χ0) is 13.5. The molecule has 0 aliphatic rings. The first-order chi connectivity index (χ1) is 8.49. The van der Waals surface area contributed by atoms with E-state index in [9.17, 15) is 9.59 Å². The lowest BCUT2D eigenvalue weighted by Crippen LogP contribution is -2.46. The summed E-state index contributed by atoms with van der Waals surface area (Å²) in [6, 6.07) is 0.183. The van der Waals surface area contributed by atoms with E-state index in [2.05, 4.69) is 15.8 Å². The lowest BCUT2D eigenvalue weighted by atomic mass is 10.0. The van der Waals surface area contributed by atoms with E-state index in [1.54, 1.807) is 6.07 Å². The van der Waals surface area contributed by atoms with Gasteiger partial charge in [0.25, 0.3) is 0 Å². The maximum Gasteiger partial charge on any atom is 0.326 e. The Morgan fingerprint density at radius 2 is 2.22 bits per heavy atom. The van der Waals surface area contributed by atoms with Gasteiger partial charge in [0, 0.05) is 6.07 Å². The molecule has 1 aromatic rings. The molecule has 0 saturated heterocycles. The number of carbonyl (C=O) groups is 2. The van der Waals surface area contributed by atoms with Gasteiger partial charge in [-0.15, -0.1) is 0 Å². The molecule has 0 saturated carbocycles. The van der Waals surface area contributed by atoms with Gasteiger partial charge in [0.15, 0.2) is 5.76 Å².